The summed E-state index contributed by atoms with van der Waals surface area (Å²) < 4.78 is 48.3. The van der Waals surface area contributed by atoms with Crippen LogP contribution in [-0.2, 0) is 0 Å². The number of benzene rings is 2. The summed E-state index contributed by atoms with van der Waals surface area (Å²) in [6.45, 7) is 0.197. The van der Waals surface area contributed by atoms with Crippen LogP contribution in [-0.4, -0.2) is 45.3 Å². The summed E-state index contributed by atoms with van der Waals surface area (Å²) in [7, 11) is 1.59. The summed E-state index contributed by atoms with van der Waals surface area (Å²) in [6.07, 6.45) is 1.21. The first-order valence-corrected chi connectivity index (χ1v) is 10.9. The summed E-state index contributed by atoms with van der Waals surface area (Å²) in [6, 6.07) is 7.60. The zero-order chi connectivity index (χ0) is 23.7. The van der Waals surface area contributed by atoms with Gasteiger partial charge < -0.3 is 15.4 Å². The number of amides is 1. The highest BCUT2D eigenvalue weighted by molar-refractivity contribution is 5.98. The zero-order valence-electron chi connectivity index (χ0n) is 18.1. The normalized spacial score (nSPS) is 21.1. The molecule has 2 aromatic carbocycles. The number of likely N-dealkylation sites (N-methyl/N-ethyl adjacent to an activating group) is 1. The summed E-state index contributed by atoms with van der Waals surface area (Å²) >= 11 is 0. The third-order valence-corrected chi connectivity index (χ3v) is 6.87. The molecule has 174 valence electrons. The van der Waals surface area contributed by atoms with E-state index in [-0.39, 0.29) is 23.9 Å². The highest BCUT2D eigenvalue weighted by Gasteiger charge is 2.45. The van der Waals surface area contributed by atoms with Crippen molar-refractivity contribution >= 4 is 28.3 Å². The minimum absolute atomic E-state index is 0.112. The van der Waals surface area contributed by atoms with E-state index in [4.69, 9.17) is 10.5 Å². The molecule has 6 rings (SSSR count). The average molecular weight is 467 g/mol. The molecular weight excluding hydrogens is 447 g/mol. The van der Waals surface area contributed by atoms with Gasteiger partial charge in [0.05, 0.1) is 35.2 Å². The number of aromatic nitrogens is 3. The molecule has 2 N–H and O–H groups in total. The molecule has 1 saturated carbocycles. The largest absolute Gasteiger partial charge is 0.491 e. The monoisotopic (exact) mass is 467 g/mol. The van der Waals surface area contributed by atoms with Crippen LogP contribution in [0.15, 0.2) is 42.9 Å². The van der Waals surface area contributed by atoms with Crippen molar-refractivity contribution in [1.29, 1.82) is 0 Å². The van der Waals surface area contributed by atoms with Crippen LogP contribution in [0, 0.1) is 11.7 Å². The standard InChI is InChI=1S/C24H20F3N5O2/c1-31(20-9-34-21-4-11(2-3-12(20)21)13-5-14(13)22(26)27)24(33)15-6-18-17(7-16(15)25)30-23(28)19-8-29-10-32(18)19/h2-4,6-8,10,13-14,20,22H,5,9H2,1H3,(H2,28,30)/t13-,14?,20-/m1/s1. The van der Waals surface area contributed by atoms with Crippen LogP contribution in [0.4, 0.5) is 19.0 Å². The smallest absolute Gasteiger partial charge is 0.257 e. The van der Waals surface area contributed by atoms with Crippen molar-refractivity contribution in [2.24, 2.45) is 5.92 Å². The van der Waals surface area contributed by atoms with Gasteiger partial charge in [0.2, 0.25) is 6.43 Å². The Kier molecular flexibility index (Phi) is 4.48. The topological polar surface area (TPSA) is 85.8 Å². The number of anilines is 1. The van der Waals surface area contributed by atoms with Crippen LogP contribution < -0.4 is 10.5 Å². The number of carbonyl (C=O) groups is 1. The van der Waals surface area contributed by atoms with Gasteiger partial charge in [0.25, 0.3) is 5.91 Å². The molecule has 0 saturated heterocycles. The molecule has 7 nitrogen and oxygen atoms in total. The molecule has 10 heteroatoms. The SMILES string of the molecule is CN(C(=O)c1cc2c(cc1F)nc(N)c1cncn12)[C@@H]1COc2cc([C@H]3CC3C(F)F)ccc21. The lowest BCUT2D eigenvalue weighted by Gasteiger charge is -2.24. The Morgan fingerprint density at radius 3 is 2.85 bits per heavy atom. The lowest BCUT2D eigenvalue weighted by Crippen LogP contribution is -2.32. The second kappa shape index (κ2) is 7.34. The predicted molar refractivity (Wildman–Crippen MR) is 118 cm³/mol. The molecule has 34 heavy (non-hydrogen) atoms. The van der Waals surface area contributed by atoms with Gasteiger partial charge in [0.1, 0.15) is 29.5 Å². The molecule has 3 atom stereocenters. The molecule has 2 aliphatic rings. The van der Waals surface area contributed by atoms with Gasteiger partial charge in [-0.25, -0.2) is 23.1 Å². The van der Waals surface area contributed by atoms with E-state index in [1.165, 1.54) is 23.4 Å². The molecule has 4 aromatic rings. The van der Waals surface area contributed by atoms with Gasteiger partial charge in [0, 0.05) is 24.6 Å². The van der Waals surface area contributed by atoms with Gasteiger partial charge in [-0.2, -0.15) is 0 Å². The van der Waals surface area contributed by atoms with Gasteiger partial charge in [-0.3, -0.25) is 9.20 Å². The minimum Gasteiger partial charge on any atom is -0.491 e. The molecular formula is C24H20F3N5O2. The van der Waals surface area contributed by atoms with E-state index in [1.807, 2.05) is 12.1 Å². The maximum atomic E-state index is 15.0. The minimum atomic E-state index is -2.33. The Morgan fingerprint density at radius 1 is 1.26 bits per heavy atom. The van der Waals surface area contributed by atoms with E-state index in [2.05, 4.69) is 9.97 Å². The van der Waals surface area contributed by atoms with E-state index in [1.54, 1.807) is 23.7 Å². The number of carbonyl (C=O) groups excluding carboxylic acids is 1. The fourth-order valence-corrected chi connectivity index (χ4v) is 4.83. The maximum absolute atomic E-state index is 15.0. The van der Waals surface area contributed by atoms with Crippen molar-refractivity contribution in [3.8, 4) is 5.75 Å². The van der Waals surface area contributed by atoms with E-state index in [0.717, 1.165) is 11.1 Å². The molecule has 1 amide bonds. The molecule has 3 heterocycles. The first-order chi connectivity index (χ1) is 16.3. The fraction of sp³-hybridized carbons (Fsp3) is 0.292. The Hall–Kier alpha value is -3.82. The lowest BCUT2D eigenvalue weighted by atomic mass is 10.0. The van der Waals surface area contributed by atoms with Crippen molar-refractivity contribution in [2.45, 2.75) is 24.8 Å². The Balaban J connectivity index is 1.31. The van der Waals surface area contributed by atoms with E-state index in [0.29, 0.717) is 28.7 Å². The van der Waals surface area contributed by atoms with Gasteiger partial charge in [-0.1, -0.05) is 12.1 Å². The van der Waals surface area contributed by atoms with Crippen LogP contribution in [0.5, 0.6) is 5.75 Å². The van der Waals surface area contributed by atoms with Gasteiger partial charge >= 0.3 is 0 Å². The third kappa shape index (κ3) is 3.08. The van der Waals surface area contributed by atoms with Crippen LogP contribution in [0.3, 0.4) is 0 Å². The van der Waals surface area contributed by atoms with E-state index in [9.17, 15) is 18.0 Å². The number of nitrogens with zero attached hydrogens (tertiary/aromatic N) is 4. The molecule has 1 aliphatic heterocycles. The Morgan fingerprint density at radius 2 is 2.09 bits per heavy atom. The molecule has 0 spiro atoms. The van der Waals surface area contributed by atoms with Gasteiger partial charge in [-0.05, 0) is 30.0 Å². The number of alkyl halides is 2. The summed E-state index contributed by atoms with van der Waals surface area (Å²) in [4.78, 5) is 23.0. The number of nitrogens with two attached hydrogens (primary N) is 1. The van der Waals surface area contributed by atoms with Gasteiger partial charge in [0.15, 0.2) is 0 Å². The van der Waals surface area contributed by atoms with E-state index < -0.39 is 30.1 Å². The van der Waals surface area contributed by atoms with Crippen molar-refractivity contribution in [3.05, 3.63) is 65.4 Å². The quantitative estimate of drug-likeness (QED) is 0.487. The Labute approximate surface area is 192 Å². The van der Waals surface area contributed by atoms with Crippen molar-refractivity contribution in [1.82, 2.24) is 19.3 Å². The van der Waals surface area contributed by atoms with E-state index >= 15 is 0 Å². The molecule has 0 radical (unpaired) electrons. The number of nitrogen functional groups attached to an aromatic ring is 1. The maximum Gasteiger partial charge on any atom is 0.257 e. The molecule has 0 bridgehead atoms. The summed E-state index contributed by atoms with van der Waals surface area (Å²) in [5.74, 6) is -1.22. The zero-order valence-corrected chi connectivity index (χ0v) is 18.1. The summed E-state index contributed by atoms with van der Waals surface area (Å²) in [5, 5.41) is 0. The number of fused-ring (bicyclic) bond motifs is 4. The van der Waals surface area contributed by atoms with Gasteiger partial charge in [-0.15, -0.1) is 0 Å². The first-order valence-electron chi connectivity index (χ1n) is 10.9. The molecule has 1 fully saturated rings. The lowest BCUT2D eigenvalue weighted by molar-refractivity contribution is 0.0704. The molecule has 1 aliphatic carbocycles. The van der Waals surface area contributed by atoms with Crippen LogP contribution >= 0.6 is 0 Å². The number of imidazole rings is 1. The van der Waals surface area contributed by atoms with Crippen molar-refractivity contribution in [2.75, 3.05) is 19.4 Å². The molecule has 2 aromatic heterocycles. The molecule has 1 unspecified atom stereocenters. The van der Waals surface area contributed by atoms with Crippen molar-refractivity contribution < 1.29 is 22.7 Å². The second-order valence-corrected chi connectivity index (χ2v) is 8.85. The second-order valence-electron chi connectivity index (χ2n) is 8.85. The number of rotatable bonds is 4. The number of ether oxygens (including phenoxy) is 1. The van der Waals surface area contributed by atoms with Crippen LogP contribution in [0.2, 0.25) is 0 Å². The van der Waals surface area contributed by atoms with Crippen LogP contribution in [0.1, 0.15) is 39.9 Å². The first kappa shape index (κ1) is 20.8. The van der Waals surface area contributed by atoms with Crippen molar-refractivity contribution in [3.63, 3.8) is 0 Å². The summed E-state index contributed by atoms with van der Waals surface area (Å²) in [5.41, 5.74) is 8.77. The van der Waals surface area contributed by atoms with Crippen LogP contribution in [0.25, 0.3) is 16.6 Å². The highest BCUT2D eigenvalue weighted by Crippen LogP contribution is 2.52. The average Bonchev–Trinajstić information content (AvgIpc) is 3.27. The number of hydrogen-bond donors (Lipinski definition) is 1. The highest BCUT2D eigenvalue weighted by atomic mass is 19.3. The number of hydrogen-bond acceptors (Lipinski definition) is 5. The fourth-order valence-electron chi connectivity index (χ4n) is 4.83. The predicted octanol–water partition coefficient (Wildman–Crippen LogP) is 4.18. The third-order valence-electron chi connectivity index (χ3n) is 6.87. The number of halogens is 3. The Bertz CT molecular complexity index is 1470.